The van der Waals surface area contributed by atoms with E-state index in [1.807, 2.05) is 31.3 Å². The Labute approximate surface area is 154 Å². The lowest BCUT2D eigenvalue weighted by Crippen LogP contribution is -1.99. The fourth-order valence-electron chi connectivity index (χ4n) is 2.10. The minimum atomic E-state index is 0.466. The van der Waals surface area contributed by atoms with E-state index in [1.165, 1.54) is 11.8 Å². The average molecular weight is 374 g/mol. The third kappa shape index (κ3) is 4.80. The lowest BCUT2D eigenvalue weighted by Gasteiger charge is -1.98. The molecule has 0 spiro atoms. The van der Waals surface area contributed by atoms with Gasteiger partial charge < -0.3 is 4.42 Å². The second-order valence-electron chi connectivity index (χ2n) is 5.32. The lowest BCUT2D eigenvalue weighted by atomic mass is 10.2. The van der Waals surface area contributed by atoms with Crippen molar-refractivity contribution in [2.75, 3.05) is 0 Å². The maximum absolute atomic E-state index is 5.88. The third-order valence-corrected chi connectivity index (χ3v) is 4.35. The van der Waals surface area contributed by atoms with E-state index in [-0.39, 0.29) is 0 Å². The van der Waals surface area contributed by atoms with Crippen molar-refractivity contribution in [2.24, 2.45) is 0 Å². The summed E-state index contributed by atoms with van der Waals surface area (Å²) in [6.07, 6.45) is 5.62. The van der Waals surface area contributed by atoms with Crippen LogP contribution in [0.1, 0.15) is 12.6 Å². The van der Waals surface area contributed by atoms with E-state index in [0.29, 0.717) is 28.4 Å². The summed E-state index contributed by atoms with van der Waals surface area (Å²) in [6.45, 7) is 6.39. The van der Waals surface area contributed by atoms with Gasteiger partial charge in [-0.2, -0.15) is 0 Å². The minimum Gasteiger partial charge on any atom is -0.411 e. The topological polar surface area (TPSA) is 69.6 Å². The number of halogens is 1. The third-order valence-electron chi connectivity index (χ3n) is 3.24. The van der Waals surface area contributed by atoms with Crippen molar-refractivity contribution in [3.63, 3.8) is 0 Å². The van der Waals surface area contributed by atoms with Crippen molar-refractivity contribution in [1.29, 1.82) is 0 Å². The Bertz CT molecular complexity index is 885. The van der Waals surface area contributed by atoms with Gasteiger partial charge in [0.25, 0.3) is 5.22 Å². The normalized spacial score (nSPS) is 11.7. The Balaban J connectivity index is 1.59. The monoisotopic (exact) mass is 373 g/mol. The number of hydrogen-bond donors (Lipinski definition) is 0. The van der Waals surface area contributed by atoms with Gasteiger partial charge in [0.2, 0.25) is 5.89 Å². The molecule has 0 radical (unpaired) electrons. The summed E-state index contributed by atoms with van der Waals surface area (Å²) in [6, 6.07) is 7.26. The highest BCUT2D eigenvalue weighted by atomic mass is 35.5. The molecule has 0 saturated heterocycles. The number of hydrogen-bond acceptors (Lipinski definition) is 6. The summed E-state index contributed by atoms with van der Waals surface area (Å²) >= 11 is 7.30. The Morgan fingerprint density at radius 1 is 1.28 bits per heavy atom. The summed E-state index contributed by atoms with van der Waals surface area (Å²) in [7, 11) is 0. The summed E-state index contributed by atoms with van der Waals surface area (Å²) in [5.74, 6) is 1.07. The molecule has 2 aromatic heterocycles. The van der Waals surface area contributed by atoms with E-state index in [4.69, 9.17) is 16.0 Å². The number of benzene rings is 1. The van der Waals surface area contributed by atoms with Crippen LogP contribution < -0.4 is 0 Å². The first-order chi connectivity index (χ1) is 12.1. The Hall–Kier alpha value is -2.38. The molecule has 3 rings (SSSR count). The maximum atomic E-state index is 5.88. The average Bonchev–Trinajstić information content (AvgIpc) is 3.23. The molecule has 0 aliphatic carbocycles. The SMILES string of the molecule is C=CC=C(C)Cn1cc(CSc2nnc(-c3ccc(Cl)cc3)o2)nn1. The maximum Gasteiger partial charge on any atom is 0.277 e. The molecule has 0 aliphatic heterocycles. The molecule has 1 aromatic carbocycles. The Morgan fingerprint density at radius 2 is 2.08 bits per heavy atom. The second kappa shape index (κ2) is 8.13. The zero-order valence-electron chi connectivity index (χ0n) is 13.6. The zero-order valence-corrected chi connectivity index (χ0v) is 15.2. The zero-order chi connectivity index (χ0) is 17.6. The summed E-state index contributed by atoms with van der Waals surface area (Å²) in [5, 5.41) is 17.5. The molecule has 2 heterocycles. The molecule has 3 aromatic rings. The van der Waals surface area contributed by atoms with Crippen LogP contribution in [0, 0.1) is 0 Å². The molecular formula is C17H16ClN5OS. The molecule has 0 aliphatic rings. The van der Waals surface area contributed by atoms with Crippen molar-refractivity contribution in [3.8, 4) is 11.5 Å². The van der Waals surface area contributed by atoms with Gasteiger partial charge in [0.1, 0.15) is 0 Å². The Morgan fingerprint density at radius 3 is 2.84 bits per heavy atom. The van der Waals surface area contributed by atoms with Gasteiger partial charge in [0, 0.05) is 22.5 Å². The van der Waals surface area contributed by atoms with Gasteiger partial charge >= 0.3 is 0 Å². The van der Waals surface area contributed by atoms with E-state index in [0.717, 1.165) is 16.8 Å². The van der Waals surface area contributed by atoms with E-state index < -0.39 is 0 Å². The van der Waals surface area contributed by atoms with E-state index in [9.17, 15) is 0 Å². The second-order valence-corrected chi connectivity index (χ2v) is 6.69. The molecule has 0 bridgehead atoms. The van der Waals surface area contributed by atoms with Crippen molar-refractivity contribution in [3.05, 3.63) is 65.5 Å². The first kappa shape index (κ1) is 17.4. The minimum absolute atomic E-state index is 0.466. The summed E-state index contributed by atoms with van der Waals surface area (Å²) in [5.41, 5.74) is 2.84. The standard InChI is InChI=1S/C17H16ClN5OS/c1-3-4-12(2)9-23-10-15(19-22-23)11-25-17-21-20-16(24-17)13-5-7-14(18)8-6-13/h3-8,10H,1,9,11H2,2H3. The first-order valence-electron chi connectivity index (χ1n) is 7.53. The Kier molecular flexibility index (Phi) is 5.67. The van der Waals surface area contributed by atoms with Gasteiger partial charge in [-0.3, -0.25) is 0 Å². The molecule has 8 heteroatoms. The van der Waals surface area contributed by atoms with Gasteiger partial charge in [-0.25, -0.2) is 4.68 Å². The summed E-state index contributed by atoms with van der Waals surface area (Å²) in [4.78, 5) is 0. The predicted octanol–water partition coefficient (Wildman–Crippen LogP) is 4.41. The smallest absolute Gasteiger partial charge is 0.277 e. The highest BCUT2D eigenvalue weighted by molar-refractivity contribution is 7.98. The van der Waals surface area contributed by atoms with Crippen LogP contribution in [0.15, 0.2) is 64.4 Å². The molecule has 0 fully saturated rings. The van der Waals surface area contributed by atoms with Crippen LogP contribution in [0.3, 0.4) is 0 Å². The largest absolute Gasteiger partial charge is 0.411 e. The number of rotatable bonds is 7. The highest BCUT2D eigenvalue weighted by Crippen LogP contribution is 2.25. The van der Waals surface area contributed by atoms with Crippen LogP contribution in [-0.2, 0) is 12.3 Å². The fourth-order valence-corrected chi connectivity index (χ4v) is 2.87. The van der Waals surface area contributed by atoms with Crippen LogP contribution in [0.2, 0.25) is 5.02 Å². The van der Waals surface area contributed by atoms with Crippen molar-refractivity contribution >= 4 is 23.4 Å². The van der Waals surface area contributed by atoms with E-state index in [1.54, 1.807) is 22.9 Å². The van der Waals surface area contributed by atoms with Crippen LogP contribution in [0.25, 0.3) is 11.5 Å². The van der Waals surface area contributed by atoms with Gasteiger partial charge in [0.05, 0.1) is 12.2 Å². The molecule has 0 unspecified atom stereocenters. The molecule has 0 saturated carbocycles. The fraction of sp³-hybridized carbons (Fsp3) is 0.176. The van der Waals surface area contributed by atoms with Crippen LogP contribution in [-0.4, -0.2) is 25.2 Å². The molecule has 0 amide bonds. The highest BCUT2D eigenvalue weighted by Gasteiger charge is 2.10. The predicted molar refractivity (Wildman–Crippen MR) is 98.3 cm³/mol. The first-order valence-corrected chi connectivity index (χ1v) is 8.90. The number of nitrogens with zero attached hydrogens (tertiary/aromatic N) is 5. The number of thioether (sulfide) groups is 1. The quantitative estimate of drug-likeness (QED) is 0.451. The van der Waals surface area contributed by atoms with E-state index >= 15 is 0 Å². The summed E-state index contributed by atoms with van der Waals surface area (Å²) < 4.78 is 7.45. The van der Waals surface area contributed by atoms with Gasteiger partial charge in [-0.15, -0.1) is 15.3 Å². The molecule has 0 N–H and O–H groups in total. The number of allylic oxidation sites excluding steroid dienone is 3. The molecule has 6 nitrogen and oxygen atoms in total. The van der Waals surface area contributed by atoms with Crippen LogP contribution in [0.5, 0.6) is 0 Å². The van der Waals surface area contributed by atoms with Crippen LogP contribution in [0.4, 0.5) is 0 Å². The van der Waals surface area contributed by atoms with E-state index in [2.05, 4.69) is 27.1 Å². The van der Waals surface area contributed by atoms with Crippen molar-refractivity contribution in [2.45, 2.75) is 24.4 Å². The van der Waals surface area contributed by atoms with Gasteiger partial charge in [-0.1, -0.05) is 52.9 Å². The molecular weight excluding hydrogens is 358 g/mol. The van der Waals surface area contributed by atoms with Crippen molar-refractivity contribution in [1.82, 2.24) is 25.2 Å². The molecule has 25 heavy (non-hydrogen) atoms. The molecule has 0 atom stereocenters. The van der Waals surface area contributed by atoms with Gasteiger partial charge in [0.15, 0.2) is 0 Å². The van der Waals surface area contributed by atoms with Crippen LogP contribution >= 0.6 is 23.4 Å². The van der Waals surface area contributed by atoms with Crippen molar-refractivity contribution < 1.29 is 4.42 Å². The number of aromatic nitrogens is 5. The lowest BCUT2D eigenvalue weighted by molar-refractivity contribution is 0.466. The molecule has 128 valence electrons. The van der Waals surface area contributed by atoms with Gasteiger partial charge in [-0.05, 0) is 31.2 Å².